The van der Waals surface area contributed by atoms with E-state index in [2.05, 4.69) is 0 Å². The first kappa shape index (κ1) is 20.4. The van der Waals surface area contributed by atoms with Gasteiger partial charge in [-0.1, -0.05) is 29.4 Å². The molecule has 1 fully saturated rings. The largest absolute Gasteiger partial charge is 0.491 e. The van der Waals surface area contributed by atoms with Crippen molar-refractivity contribution in [3.63, 3.8) is 0 Å². The van der Waals surface area contributed by atoms with E-state index >= 15 is 0 Å². The summed E-state index contributed by atoms with van der Waals surface area (Å²) in [6, 6.07) is 2.27. The first-order valence-corrected chi connectivity index (χ1v) is 9.13. The van der Waals surface area contributed by atoms with E-state index in [1.807, 2.05) is 27.7 Å². The molecule has 0 N–H and O–H groups in total. The minimum Gasteiger partial charge on any atom is -0.400 e. The number of carbonyl (C=O) groups is 1. The van der Waals surface area contributed by atoms with E-state index in [4.69, 9.17) is 20.9 Å². The molecule has 0 aromatic heterocycles. The molecule has 0 unspecified atom stereocenters. The van der Waals surface area contributed by atoms with Crippen LogP contribution in [0.5, 0.6) is 0 Å². The summed E-state index contributed by atoms with van der Waals surface area (Å²) in [7, 11) is -0.710. The predicted molar refractivity (Wildman–Crippen MR) is 98.6 cm³/mol. The van der Waals surface area contributed by atoms with Crippen LogP contribution >= 0.6 is 23.4 Å². The Morgan fingerprint density at radius 2 is 1.68 bits per heavy atom. The quantitative estimate of drug-likeness (QED) is 0.542. The highest BCUT2D eigenvalue weighted by Crippen LogP contribution is 2.39. The molecule has 2 rings (SSSR count). The third-order valence-corrected chi connectivity index (χ3v) is 5.60. The van der Waals surface area contributed by atoms with E-state index in [0.29, 0.717) is 5.47 Å². The summed E-state index contributed by atoms with van der Waals surface area (Å²) in [4.78, 5) is 11.3. The Bertz CT molecular complexity index is 683. The van der Waals surface area contributed by atoms with Crippen LogP contribution in [-0.2, 0) is 14.1 Å². The van der Waals surface area contributed by atoms with Gasteiger partial charge in [-0.15, -0.1) is 0 Å². The van der Waals surface area contributed by atoms with Gasteiger partial charge in [0.1, 0.15) is 16.7 Å². The topological polar surface area (TPSA) is 35.5 Å². The van der Waals surface area contributed by atoms with E-state index in [9.17, 15) is 13.6 Å². The van der Waals surface area contributed by atoms with Crippen molar-refractivity contribution in [1.82, 2.24) is 0 Å². The summed E-state index contributed by atoms with van der Waals surface area (Å²) in [6.45, 7) is 9.08. The van der Waals surface area contributed by atoms with Gasteiger partial charge >= 0.3 is 7.12 Å². The molecule has 25 heavy (non-hydrogen) atoms. The molecule has 0 spiro atoms. The molecule has 1 aromatic carbocycles. The number of hydrogen-bond donors (Lipinski definition) is 0. The molecule has 1 aliphatic heterocycles. The predicted octanol–water partition coefficient (Wildman–Crippen LogP) is 4.91. The van der Waals surface area contributed by atoms with Crippen molar-refractivity contribution in [1.29, 1.82) is 0 Å². The highest BCUT2D eigenvalue weighted by molar-refractivity contribution is 8.13. The zero-order valence-electron chi connectivity index (χ0n) is 14.8. The molecule has 1 saturated heterocycles. The molecule has 8 heteroatoms. The lowest BCUT2D eigenvalue weighted by Crippen LogP contribution is -2.41. The van der Waals surface area contributed by atoms with Gasteiger partial charge in [0, 0.05) is 12.7 Å². The third kappa shape index (κ3) is 4.64. The summed E-state index contributed by atoms with van der Waals surface area (Å²) >= 11 is 6.60. The van der Waals surface area contributed by atoms with Crippen LogP contribution in [0, 0.1) is 11.6 Å². The molecule has 0 aliphatic carbocycles. The summed E-state index contributed by atoms with van der Waals surface area (Å²) in [5.74, 6) is -1.40. The Labute approximate surface area is 156 Å². The molecule has 1 heterocycles. The smallest absolute Gasteiger partial charge is 0.400 e. The van der Waals surface area contributed by atoms with Crippen LogP contribution in [0.4, 0.5) is 8.78 Å². The van der Waals surface area contributed by atoms with Gasteiger partial charge in [0.2, 0.25) is 0 Å². The number of halogens is 3. The summed E-state index contributed by atoms with van der Waals surface area (Å²) in [5, 5.41) is -0.622. The van der Waals surface area contributed by atoms with E-state index < -0.39 is 35.0 Å². The Kier molecular flexibility index (Phi) is 6.04. The maximum Gasteiger partial charge on any atom is 0.491 e. The number of carbonyl (C=O) groups excluding carboxylic acids is 1. The second-order valence-electron chi connectivity index (χ2n) is 6.89. The molecule has 1 aromatic rings. The monoisotopic (exact) mass is 388 g/mol. The summed E-state index contributed by atoms with van der Waals surface area (Å²) in [5.41, 5.74) is -0.226. The molecule has 0 atom stereocenters. The van der Waals surface area contributed by atoms with Gasteiger partial charge in [-0.2, -0.15) is 0 Å². The van der Waals surface area contributed by atoms with Crippen molar-refractivity contribution in [2.24, 2.45) is 0 Å². The lowest BCUT2D eigenvalue weighted by molar-refractivity contribution is -0.109. The minimum absolute atomic E-state index is 0.0733. The SMILES string of the molecule is CC(=O)SCC(=Cc1cc(F)c(Cl)c(F)c1)B1OC(C)(C)C(C)(C)O1. The van der Waals surface area contributed by atoms with Crippen LogP contribution in [0.25, 0.3) is 6.08 Å². The van der Waals surface area contributed by atoms with Crippen LogP contribution in [0.3, 0.4) is 0 Å². The average Bonchev–Trinajstić information content (AvgIpc) is 2.68. The van der Waals surface area contributed by atoms with Crippen molar-refractivity contribution in [3.05, 3.63) is 39.8 Å². The van der Waals surface area contributed by atoms with Crippen molar-refractivity contribution in [2.45, 2.75) is 45.8 Å². The molecule has 0 radical (unpaired) electrons. The number of benzene rings is 1. The fraction of sp³-hybridized carbons (Fsp3) is 0.471. The number of thioether (sulfide) groups is 1. The zero-order chi connectivity index (χ0) is 19.0. The number of hydrogen-bond acceptors (Lipinski definition) is 4. The Balaban J connectivity index is 2.38. The first-order chi connectivity index (χ1) is 11.4. The van der Waals surface area contributed by atoms with Crippen LogP contribution in [0.2, 0.25) is 5.02 Å². The number of rotatable bonds is 4. The van der Waals surface area contributed by atoms with Crippen molar-refractivity contribution in [3.8, 4) is 0 Å². The third-order valence-electron chi connectivity index (χ3n) is 4.36. The highest BCUT2D eigenvalue weighted by atomic mass is 35.5. The molecular weight excluding hydrogens is 369 g/mol. The van der Waals surface area contributed by atoms with Gasteiger partial charge in [0.25, 0.3) is 0 Å². The molecular formula is C17H20BClF2O3S. The van der Waals surface area contributed by atoms with Crippen molar-refractivity contribution in [2.75, 3.05) is 5.75 Å². The lowest BCUT2D eigenvalue weighted by atomic mass is 9.78. The Morgan fingerprint density at radius 3 is 2.12 bits per heavy atom. The average molecular weight is 389 g/mol. The standard InChI is InChI=1S/C17H20BClF2O3S/c1-10(22)25-9-12(18-23-16(2,3)17(4,5)24-18)6-11-7-13(20)15(19)14(21)8-11/h6-8H,9H2,1-5H3. The lowest BCUT2D eigenvalue weighted by Gasteiger charge is -2.32. The van der Waals surface area contributed by atoms with Crippen LogP contribution in [0.15, 0.2) is 17.6 Å². The van der Waals surface area contributed by atoms with Gasteiger partial charge in [0.05, 0.1) is 11.2 Å². The maximum absolute atomic E-state index is 13.7. The van der Waals surface area contributed by atoms with Crippen molar-refractivity contribution < 1.29 is 22.9 Å². The summed E-state index contributed by atoms with van der Waals surface area (Å²) < 4.78 is 39.4. The van der Waals surface area contributed by atoms with E-state index in [1.54, 1.807) is 6.08 Å². The molecule has 0 saturated carbocycles. The second kappa shape index (κ2) is 7.39. The highest BCUT2D eigenvalue weighted by Gasteiger charge is 2.52. The zero-order valence-corrected chi connectivity index (χ0v) is 16.4. The molecule has 136 valence electrons. The molecule has 0 bridgehead atoms. The Hall–Kier alpha value is -0.885. The summed E-state index contributed by atoms with van der Waals surface area (Å²) in [6.07, 6.45) is 1.57. The second-order valence-corrected chi connectivity index (χ2v) is 8.42. The van der Waals surface area contributed by atoms with Gasteiger partial charge < -0.3 is 9.31 Å². The van der Waals surface area contributed by atoms with Gasteiger partial charge in [-0.25, -0.2) is 8.78 Å². The normalized spacial score (nSPS) is 19.4. The van der Waals surface area contributed by atoms with Gasteiger partial charge in [-0.3, -0.25) is 4.79 Å². The fourth-order valence-corrected chi connectivity index (χ4v) is 2.93. The van der Waals surface area contributed by atoms with Crippen LogP contribution < -0.4 is 0 Å². The molecule has 0 amide bonds. The van der Waals surface area contributed by atoms with Crippen LogP contribution in [0.1, 0.15) is 40.2 Å². The molecule has 1 aliphatic rings. The molecule has 3 nitrogen and oxygen atoms in total. The van der Waals surface area contributed by atoms with Gasteiger partial charge in [-0.05, 0) is 50.9 Å². The van der Waals surface area contributed by atoms with Gasteiger partial charge in [0.15, 0.2) is 5.12 Å². The van der Waals surface area contributed by atoms with E-state index in [-0.39, 0.29) is 16.4 Å². The fourth-order valence-electron chi connectivity index (χ4n) is 2.23. The van der Waals surface area contributed by atoms with Crippen molar-refractivity contribution >= 4 is 41.7 Å². The minimum atomic E-state index is -0.847. The van der Waals surface area contributed by atoms with E-state index in [1.165, 1.54) is 6.92 Å². The maximum atomic E-state index is 13.7. The Morgan fingerprint density at radius 1 is 1.20 bits per heavy atom. The van der Waals surface area contributed by atoms with Crippen LogP contribution in [-0.4, -0.2) is 29.2 Å². The first-order valence-electron chi connectivity index (χ1n) is 7.77. The van der Waals surface area contributed by atoms with E-state index in [0.717, 1.165) is 23.9 Å².